The van der Waals surface area contributed by atoms with Gasteiger partial charge in [-0.1, -0.05) is 6.07 Å². The van der Waals surface area contributed by atoms with Crippen LogP contribution < -0.4 is 5.73 Å². The van der Waals surface area contributed by atoms with Gasteiger partial charge in [0.1, 0.15) is 4.60 Å². The quantitative estimate of drug-likeness (QED) is 0.782. The molecule has 3 nitrogen and oxygen atoms in total. The summed E-state index contributed by atoms with van der Waals surface area (Å²) in [6, 6.07) is 5.82. The lowest BCUT2D eigenvalue weighted by Crippen LogP contribution is -2.50. The Kier molecular flexibility index (Phi) is 2.60. The Hall–Kier alpha value is -0.450. The Morgan fingerprint density at radius 3 is 2.79 bits per heavy atom. The fourth-order valence-electron chi connectivity index (χ4n) is 2.03. The Morgan fingerprint density at radius 2 is 2.29 bits per heavy atom. The molecule has 2 rings (SSSR count). The van der Waals surface area contributed by atoms with Gasteiger partial charge in [0.05, 0.1) is 6.10 Å². The summed E-state index contributed by atoms with van der Waals surface area (Å²) in [6.07, 6.45) is 1.25. The normalized spacial score (nSPS) is 31.2. The maximum absolute atomic E-state index is 9.35. The number of nitrogens with zero attached hydrogens (tertiary/aromatic N) is 1. The molecule has 1 aromatic rings. The number of hydrogen-bond donors (Lipinski definition) is 2. The predicted molar refractivity (Wildman–Crippen MR) is 57.9 cm³/mol. The minimum Gasteiger partial charge on any atom is -0.393 e. The van der Waals surface area contributed by atoms with Crippen molar-refractivity contribution in [1.29, 1.82) is 0 Å². The van der Waals surface area contributed by atoms with Gasteiger partial charge in [-0.05, 0) is 40.9 Å². The van der Waals surface area contributed by atoms with Crippen molar-refractivity contribution in [2.24, 2.45) is 5.73 Å². The smallest absolute Gasteiger partial charge is 0.106 e. The van der Waals surface area contributed by atoms with E-state index in [1.165, 1.54) is 0 Å². The van der Waals surface area contributed by atoms with Crippen molar-refractivity contribution in [3.05, 3.63) is 28.5 Å². The summed E-state index contributed by atoms with van der Waals surface area (Å²) in [7, 11) is 0. The number of aliphatic hydroxyl groups excluding tert-OH is 1. The summed E-state index contributed by atoms with van der Waals surface area (Å²) in [5.74, 6) is 0. The standard InChI is InChI=1S/C10H13BrN2O/c11-9-3-1-2-8(13-9)10(6-12)4-7(14)5-10/h1-3,7,14H,4-6,12H2. The van der Waals surface area contributed by atoms with Gasteiger partial charge in [-0.25, -0.2) is 4.98 Å². The molecule has 1 fully saturated rings. The Morgan fingerprint density at radius 1 is 1.57 bits per heavy atom. The first-order valence-corrected chi connectivity index (χ1v) is 5.47. The van der Waals surface area contributed by atoms with E-state index in [-0.39, 0.29) is 11.5 Å². The lowest BCUT2D eigenvalue weighted by Gasteiger charge is -2.44. The highest BCUT2D eigenvalue weighted by Crippen LogP contribution is 2.42. The molecule has 0 spiro atoms. The largest absolute Gasteiger partial charge is 0.393 e. The molecule has 1 heterocycles. The number of nitrogens with two attached hydrogens (primary N) is 1. The maximum Gasteiger partial charge on any atom is 0.106 e. The number of hydrogen-bond acceptors (Lipinski definition) is 3. The van der Waals surface area contributed by atoms with Crippen molar-refractivity contribution in [1.82, 2.24) is 4.98 Å². The van der Waals surface area contributed by atoms with E-state index in [1.807, 2.05) is 18.2 Å². The third kappa shape index (κ3) is 1.58. The van der Waals surface area contributed by atoms with Crippen LogP contribution in [-0.2, 0) is 5.41 Å². The van der Waals surface area contributed by atoms with Crippen molar-refractivity contribution in [2.75, 3.05) is 6.54 Å². The SMILES string of the molecule is NCC1(c2cccc(Br)n2)CC(O)C1. The van der Waals surface area contributed by atoms with Crippen LogP contribution in [0.1, 0.15) is 18.5 Å². The molecule has 0 bridgehead atoms. The number of aliphatic hydroxyl groups is 1. The summed E-state index contributed by atoms with van der Waals surface area (Å²) in [5, 5.41) is 9.35. The van der Waals surface area contributed by atoms with Crippen molar-refractivity contribution >= 4 is 15.9 Å². The zero-order valence-corrected chi connectivity index (χ0v) is 9.37. The second kappa shape index (κ2) is 3.61. The highest BCUT2D eigenvalue weighted by atomic mass is 79.9. The molecular weight excluding hydrogens is 244 g/mol. The van der Waals surface area contributed by atoms with Crippen molar-refractivity contribution in [3.8, 4) is 0 Å². The highest BCUT2D eigenvalue weighted by molar-refractivity contribution is 9.10. The van der Waals surface area contributed by atoms with E-state index in [9.17, 15) is 5.11 Å². The van der Waals surface area contributed by atoms with Gasteiger partial charge in [-0.15, -0.1) is 0 Å². The van der Waals surface area contributed by atoms with Crippen LogP contribution in [-0.4, -0.2) is 22.7 Å². The van der Waals surface area contributed by atoms with E-state index < -0.39 is 0 Å². The van der Waals surface area contributed by atoms with Crippen LogP contribution in [0.3, 0.4) is 0 Å². The molecule has 3 N–H and O–H groups in total. The summed E-state index contributed by atoms with van der Waals surface area (Å²) in [5.41, 5.74) is 6.64. The minimum absolute atomic E-state index is 0.0941. The molecule has 0 atom stereocenters. The molecule has 0 saturated heterocycles. The van der Waals surface area contributed by atoms with E-state index in [4.69, 9.17) is 5.73 Å². The van der Waals surface area contributed by atoms with Gasteiger partial charge < -0.3 is 10.8 Å². The fraction of sp³-hybridized carbons (Fsp3) is 0.500. The highest BCUT2D eigenvalue weighted by Gasteiger charge is 2.44. The van der Waals surface area contributed by atoms with Gasteiger partial charge in [0.25, 0.3) is 0 Å². The Bertz CT molecular complexity index is 337. The zero-order valence-electron chi connectivity index (χ0n) is 7.78. The first-order valence-electron chi connectivity index (χ1n) is 4.67. The van der Waals surface area contributed by atoms with Crippen LogP contribution in [0.25, 0.3) is 0 Å². The molecule has 0 radical (unpaired) electrons. The second-order valence-corrected chi connectivity index (χ2v) is 4.70. The molecule has 0 aromatic carbocycles. The lowest BCUT2D eigenvalue weighted by atomic mass is 9.64. The fourth-order valence-corrected chi connectivity index (χ4v) is 2.37. The molecule has 1 aromatic heterocycles. The average Bonchev–Trinajstić information content (AvgIpc) is 2.12. The Balaban J connectivity index is 2.29. The molecule has 0 aliphatic heterocycles. The van der Waals surface area contributed by atoms with E-state index in [0.29, 0.717) is 6.54 Å². The minimum atomic E-state index is -0.209. The number of halogens is 1. The van der Waals surface area contributed by atoms with E-state index in [2.05, 4.69) is 20.9 Å². The molecule has 14 heavy (non-hydrogen) atoms. The van der Waals surface area contributed by atoms with Crippen LogP contribution in [0.4, 0.5) is 0 Å². The summed E-state index contributed by atoms with van der Waals surface area (Å²) >= 11 is 3.34. The molecule has 0 unspecified atom stereocenters. The number of aromatic nitrogens is 1. The van der Waals surface area contributed by atoms with Gasteiger partial charge in [0, 0.05) is 17.7 Å². The van der Waals surface area contributed by atoms with Crippen molar-refractivity contribution < 1.29 is 5.11 Å². The van der Waals surface area contributed by atoms with E-state index in [0.717, 1.165) is 23.1 Å². The zero-order chi connectivity index (χ0) is 10.2. The first-order chi connectivity index (χ1) is 6.66. The first kappa shape index (κ1) is 10.1. The van der Waals surface area contributed by atoms with E-state index >= 15 is 0 Å². The van der Waals surface area contributed by atoms with Crippen molar-refractivity contribution in [2.45, 2.75) is 24.4 Å². The summed E-state index contributed by atoms with van der Waals surface area (Å²) < 4.78 is 0.823. The molecule has 1 aliphatic carbocycles. The number of pyridine rings is 1. The van der Waals surface area contributed by atoms with Crippen molar-refractivity contribution in [3.63, 3.8) is 0 Å². The predicted octanol–water partition coefficient (Wildman–Crippen LogP) is 1.20. The second-order valence-electron chi connectivity index (χ2n) is 3.89. The van der Waals surface area contributed by atoms with Gasteiger partial charge in [0.2, 0.25) is 0 Å². The van der Waals surface area contributed by atoms with E-state index in [1.54, 1.807) is 0 Å². The third-order valence-corrected chi connectivity index (χ3v) is 3.34. The molecular formula is C10H13BrN2O. The molecule has 0 amide bonds. The van der Waals surface area contributed by atoms with Gasteiger partial charge >= 0.3 is 0 Å². The monoisotopic (exact) mass is 256 g/mol. The maximum atomic E-state index is 9.35. The van der Waals surface area contributed by atoms with Crippen LogP contribution >= 0.6 is 15.9 Å². The molecule has 4 heteroatoms. The van der Waals surface area contributed by atoms with Crippen LogP contribution in [0.5, 0.6) is 0 Å². The van der Waals surface area contributed by atoms with Crippen LogP contribution in [0, 0.1) is 0 Å². The average molecular weight is 257 g/mol. The third-order valence-electron chi connectivity index (χ3n) is 2.90. The Labute approximate surface area is 91.5 Å². The molecule has 76 valence electrons. The van der Waals surface area contributed by atoms with Gasteiger partial charge in [-0.3, -0.25) is 0 Å². The van der Waals surface area contributed by atoms with Crippen LogP contribution in [0.15, 0.2) is 22.8 Å². The topological polar surface area (TPSA) is 59.1 Å². The number of rotatable bonds is 2. The molecule has 1 aliphatic rings. The lowest BCUT2D eigenvalue weighted by molar-refractivity contribution is 0.0200. The van der Waals surface area contributed by atoms with Crippen LogP contribution in [0.2, 0.25) is 0 Å². The van der Waals surface area contributed by atoms with Gasteiger partial charge in [-0.2, -0.15) is 0 Å². The molecule has 1 saturated carbocycles. The summed E-state index contributed by atoms with van der Waals surface area (Å²) in [4.78, 5) is 4.40. The summed E-state index contributed by atoms with van der Waals surface area (Å²) in [6.45, 7) is 0.549. The van der Waals surface area contributed by atoms with Gasteiger partial charge in [0.15, 0.2) is 0 Å².